The van der Waals surface area contributed by atoms with E-state index in [0.717, 1.165) is 12.1 Å². The molecular formula is C17H20N4O2. The topological polar surface area (TPSA) is 67.3 Å². The van der Waals surface area contributed by atoms with Gasteiger partial charge in [-0.2, -0.15) is 0 Å². The predicted molar refractivity (Wildman–Crippen MR) is 88.0 cm³/mol. The number of benzene rings is 1. The molecule has 23 heavy (non-hydrogen) atoms. The van der Waals surface area contributed by atoms with E-state index in [0.29, 0.717) is 24.8 Å². The molecule has 2 heterocycles. The van der Waals surface area contributed by atoms with E-state index in [1.807, 2.05) is 12.1 Å². The normalized spacial score (nSPS) is 16.3. The minimum Gasteiger partial charge on any atom is -0.383 e. The zero-order valence-corrected chi connectivity index (χ0v) is 13.3. The minimum atomic E-state index is -0.217. The van der Waals surface area contributed by atoms with Gasteiger partial charge in [0.25, 0.3) is 5.91 Å². The van der Waals surface area contributed by atoms with Gasteiger partial charge in [-0.25, -0.2) is 9.97 Å². The molecule has 1 amide bonds. The molecule has 1 aromatic carbocycles. The van der Waals surface area contributed by atoms with Crippen molar-refractivity contribution in [1.29, 1.82) is 0 Å². The second-order valence-electron chi connectivity index (χ2n) is 5.54. The van der Waals surface area contributed by atoms with Crippen LogP contribution in [-0.4, -0.2) is 42.2 Å². The van der Waals surface area contributed by atoms with Crippen molar-refractivity contribution < 1.29 is 9.53 Å². The van der Waals surface area contributed by atoms with Crippen LogP contribution in [0.15, 0.2) is 36.5 Å². The van der Waals surface area contributed by atoms with Crippen LogP contribution in [0.5, 0.6) is 0 Å². The molecule has 120 valence electrons. The molecule has 1 aliphatic heterocycles. The number of para-hydroxylation sites is 1. The molecule has 1 atom stereocenters. The van der Waals surface area contributed by atoms with Crippen LogP contribution in [0.2, 0.25) is 0 Å². The third kappa shape index (κ3) is 3.17. The first-order chi connectivity index (χ1) is 11.2. The van der Waals surface area contributed by atoms with Gasteiger partial charge in [-0.15, -0.1) is 0 Å². The number of carbonyl (C=O) groups is 1. The molecule has 1 N–H and O–H groups in total. The summed E-state index contributed by atoms with van der Waals surface area (Å²) in [5.74, 6) is 0.340. The Hall–Kier alpha value is -2.47. The summed E-state index contributed by atoms with van der Waals surface area (Å²) < 4.78 is 4.93. The number of amides is 1. The predicted octanol–water partition coefficient (Wildman–Crippen LogP) is 1.94. The van der Waals surface area contributed by atoms with Crippen molar-refractivity contribution in [1.82, 2.24) is 15.3 Å². The Labute approximate surface area is 135 Å². The van der Waals surface area contributed by atoms with Gasteiger partial charge in [0.15, 0.2) is 0 Å². The van der Waals surface area contributed by atoms with Crippen molar-refractivity contribution in [3.63, 3.8) is 0 Å². The molecule has 6 heteroatoms. The zero-order valence-electron chi connectivity index (χ0n) is 13.3. The summed E-state index contributed by atoms with van der Waals surface area (Å²) >= 11 is 0. The van der Waals surface area contributed by atoms with E-state index >= 15 is 0 Å². The van der Waals surface area contributed by atoms with Gasteiger partial charge in [-0.3, -0.25) is 4.79 Å². The average Bonchev–Trinajstić information content (AvgIpc) is 2.91. The van der Waals surface area contributed by atoms with E-state index in [2.05, 4.69) is 39.2 Å². The number of anilines is 2. The van der Waals surface area contributed by atoms with E-state index in [9.17, 15) is 4.79 Å². The van der Waals surface area contributed by atoms with Crippen molar-refractivity contribution in [3.8, 4) is 0 Å². The highest BCUT2D eigenvalue weighted by atomic mass is 16.5. The third-order valence-electron chi connectivity index (χ3n) is 3.89. The molecule has 0 fully saturated rings. The summed E-state index contributed by atoms with van der Waals surface area (Å²) in [5, 5.41) is 2.78. The van der Waals surface area contributed by atoms with Crippen LogP contribution in [0.1, 0.15) is 23.0 Å². The molecule has 3 rings (SSSR count). The Morgan fingerprint density at radius 1 is 1.39 bits per heavy atom. The molecular weight excluding hydrogens is 292 g/mol. The number of nitrogens with zero attached hydrogens (tertiary/aromatic N) is 3. The van der Waals surface area contributed by atoms with Crippen molar-refractivity contribution >= 4 is 17.5 Å². The van der Waals surface area contributed by atoms with Gasteiger partial charge in [0.1, 0.15) is 5.69 Å². The fraction of sp³-hybridized carbons (Fsp3) is 0.353. The summed E-state index contributed by atoms with van der Waals surface area (Å²) in [4.78, 5) is 23.0. The molecule has 0 saturated heterocycles. The number of ether oxygens (including phenoxy) is 1. The Balaban J connectivity index is 1.84. The van der Waals surface area contributed by atoms with Gasteiger partial charge in [-0.05, 0) is 31.0 Å². The summed E-state index contributed by atoms with van der Waals surface area (Å²) in [6.45, 7) is 3.06. The first-order valence-corrected chi connectivity index (χ1v) is 7.68. The molecule has 1 aromatic heterocycles. The molecule has 2 aromatic rings. The van der Waals surface area contributed by atoms with Crippen LogP contribution in [0.3, 0.4) is 0 Å². The highest BCUT2D eigenvalue weighted by molar-refractivity contribution is 5.92. The fourth-order valence-corrected chi connectivity index (χ4v) is 2.82. The Morgan fingerprint density at radius 3 is 3.04 bits per heavy atom. The molecule has 0 spiro atoms. The number of carbonyl (C=O) groups excluding carboxylic acids is 1. The van der Waals surface area contributed by atoms with Gasteiger partial charge >= 0.3 is 0 Å². The molecule has 1 aliphatic rings. The molecule has 1 unspecified atom stereocenters. The van der Waals surface area contributed by atoms with E-state index < -0.39 is 0 Å². The standard InChI is InChI=1S/C17H20N4O2/c1-12-11-13-5-3-4-6-15(13)21(12)17-19-8-7-14(20-17)16(22)18-9-10-23-2/h3-8,12H,9-11H2,1-2H3,(H,18,22). The number of hydrogen-bond donors (Lipinski definition) is 1. The summed E-state index contributed by atoms with van der Waals surface area (Å²) in [6, 6.07) is 10.1. The van der Waals surface area contributed by atoms with Gasteiger partial charge in [0.05, 0.1) is 6.61 Å². The first-order valence-electron chi connectivity index (χ1n) is 7.68. The average molecular weight is 312 g/mol. The van der Waals surface area contributed by atoms with Gasteiger partial charge < -0.3 is 15.0 Å². The lowest BCUT2D eigenvalue weighted by atomic mass is 10.1. The number of fused-ring (bicyclic) bond motifs is 1. The maximum Gasteiger partial charge on any atom is 0.270 e. The second kappa shape index (κ2) is 6.75. The molecule has 0 aliphatic carbocycles. The van der Waals surface area contributed by atoms with E-state index in [1.54, 1.807) is 19.4 Å². The Morgan fingerprint density at radius 2 is 2.22 bits per heavy atom. The van der Waals surface area contributed by atoms with E-state index in [-0.39, 0.29) is 11.9 Å². The fourth-order valence-electron chi connectivity index (χ4n) is 2.82. The van der Waals surface area contributed by atoms with Crippen LogP contribution in [0.25, 0.3) is 0 Å². The SMILES string of the molecule is COCCNC(=O)c1ccnc(N2c3ccccc3CC2C)n1. The number of nitrogens with one attached hydrogen (secondary N) is 1. The quantitative estimate of drug-likeness (QED) is 0.855. The van der Waals surface area contributed by atoms with Crippen LogP contribution >= 0.6 is 0 Å². The zero-order chi connectivity index (χ0) is 16.2. The van der Waals surface area contributed by atoms with E-state index in [1.165, 1.54) is 5.56 Å². The number of aromatic nitrogens is 2. The van der Waals surface area contributed by atoms with Crippen molar-refractivity contribution in [2.75, 3.05) is 25.2 Å². The minimum absolute atomic E-state index is 0.217. The molecule has 6 nitrogen and oxygen atoms in total. The summed E-state index contributed by atoms with van der Waals surface area (Å²) in [7, 11) is 1.60. The van der Waals surface area contributed by atoms with Crippen LogP contribution in [0, 0.1) is 0 Å². The maximum atomic E-state index is 12.1. The lowest BCUT2D eigenvalue weighted by Crippen LogP contribution is -2.30. The third-order valence-corrected chi connectivity index (χ3v) is 3.89. The lowest BCUT2D eigenvalue weighted by Gasteiger charge is -2.22. The van der Waals surface area contributed by atoms with E-state index in [4.69, 9.17) is 4.74 Å². The van der Waals surface area contributed by atoms with Gasteiger partial charge in [0, 0.05) is 31.6 Å². The molecule has 0 radical (unpaired) electrons. The van der Waals surface area contributed by atoms with Gasteiger partial charge in [-0.1, -0.05) is 18.2 Å². The largest absolute Gasteiger partial charge is 0.383 e. The highest BCUT2D eigenvalue weighted by Crippen LogP contribution is 2.36. The van der Waals surface area contributed by atoms with Crippen molar-refractivity contribution in [2.24, 2.45) is 0 Å². The van der Waals surface area contributed by atoms with Gasteiger partial charge in [0.2, 0.25) is 5.95 Å². The monoisotopic (exact) mass is 312 g/mol. The number of rotatable bonds is 5. The highest BCUT2D eigenvalue weighted by Gasteiger charge is 2.28. The maximum absolute atomic E-state index is 12.1. The first kappa shape index (κ1) is 15.4. The number of methoxy groups -OCH3 is 1. The van der Waals surface area contributed by atoms with Crippen molar-refractivity contribution in [2.45, 2.75) is 19.4 Å². The number of hydrogen-bond acceptors (Lipinski definition) is 5. The summed E-state index contributed by atoms with van der Waals surface area (Å²) in [6.07, 6.45) is 2.57. The van der Waals surface area contributed by atoms with Crippen LogP contribution < -0.4 is 10.2 Å². The molecule has 0 bridgehead atoms. The Bertz CT molecular complexity index is 704. The van der Waals surface area contributed by atoms with Crippen LogP contribution in [-0.2, 0) is 11.2 Å². The smallest absolute Gasteiger partial charge is 0.270 e. The molecule has 0 saturated carbocycles. The second-order valence-corrected chi connectivity index (χ2v) is 5.54. The van der Waals surface area contributed by atoms with Crippen molar-refractivity contribution in [3.05, 3.63) is 47.8 Å². The lowest BCUT2D eigenvalue weighted by molar-refractivity contribution is 0.0932. The Kier molecular flexibility index (Phi) is 4.52. The summed E-state index contributed by atoms with van der Waals surface area (Å²) in [5.41, 5.74) is 2.75. The van der Waals surface area contributed by atoms with Crippen LogP contribution in [0.4, 0.5) is 11.6 Å².